The van der Waals surface area contributed by atoms with E-state index in [1.165, 1.54) is 5.56 Å². The van der Waals surface area contributed by atoms with Gasteiger partial charge < -0.3 is 5.32 Å². The van der Waals surface area contributed by atoms with Gasteiger partial charge in [-0.1, -0.05) is 49.7 Å². The van der Waals surface area contributed by atoms with Crippen LogP contribution in [0.25, 0.3) is 6.08 Å². The smallest absolute Gasteiger partial charge is 0.0441 e. The predicted molar refractivity (Wildman–Crippen MR) is 77.5 cm³/mol. The minimum Gasteiger partial charge on any atom is -0.316 e. The molecule has 1 nitrogen and oxygen atoms in total. The van der Waals surface area contributed by atoms with Crippen molar-refractivity contribution < 1.29 is 0 Å². The van der Waals surface area contributed by atoms with Crippen molar-refractivity contribution in [1.29, 1.82) is 0 Å². The molecule has 94 valence electrons. The molecule has 0 amide bonds. The predicted octanol–water partition coefficient (Wildman–Crippen LogP) is 4.30. The fraction of sp³-hybridized carbons (Fsp3) is 0.467. The van der Waals surface area contributed by atoms with E-state index in [-0.39, 0.29) is 0 Å². The Morgan fingerprint density at radius 1 is 1.35 bits per heavy atom. The van der Waals surface area contributed by atoms with Crippen LogP contribution in [0.2, 0.25) is 5.02 Å². The monoisotopic (exact) mass is 251 g/mol. The molecule has 0 aromatic heterocycles. The van der Waals surface area contributed by atoms with Crippen molar-refractivity contribution in [2.45, 2.75) is 27.2 Å². The number of aryl methyl sites for hydroxylation is 1. The summed E-state index contributed by atoms with van der Waals surface area (Å²) in [6, 6.07) is 6.16. The number of hydrogen-bond donors (Lipinski definition) is 1. The van der Waals surface area contributed by atoms with E-state index in [0.29, 0.717) is 0 Å². The minimum absolute atomic E-state index is 0.717. The van der Waals surface area contributed by atoms with Crippen LogP contribution in [0.1, 0.15) is 31.4 Å². The second-order valence-electron chi connectivity index (χ2n) is 4.80. The number of benzene rings is 1. The average Bonchev–Trinajstić information content (AvgIpc) is 2.27. The summed E-state index contributed by atoms with van der Waals surface area (Å²) in [5, 5.41) is 4.25. The van der Waals surface area contributed by atoms with Gasteiger partial charge in [0.05, 0.1) is 0 Å². The highest BCUT2D eigenvalue weighted by Crippen LogP contribution is 2.17. The third-order valence-corrected chi connectivity index (χ3v) is 2.95. The van der Waals surface area contributed by atoms with Crippen LogP contribution < -0.4 is 5.32 Å². The van der Waals surface area contributed by atoms with Gasteiger partial charge in [-0.05, 0) is 49.5 Å². The molecule has 0 saturated heterocycles. The number of nitrogens with one attached hydrogen (secondary N) is 1. The van der Waals surface area contributed by atoms with Crippen molar-refractivity contribution in [2.75, 3.05) is 13.1 Å². The second kappa shape index (κ2) is 7.52. The van der Waals surface area contributed by atoms with E-state index < -0.39 is 0 Å². The highest BCUT2D eigenvalue weighted by molar-refractivity contribution is 6.31. The third-order valence-electron chi connectivity index (χ3n) is 2.55. The molecule has 0 radical (unpaired) electrons. The molecule has 0 atom stereocenters. The molecule has 0 aliphatic heterocycles. The summed E-state index contributed by atoms with van der Waals surface area (Å²) in [4.78, 5) is 0. The maximum Gasteiger partial charge on any atom is 0.0441 e. The Hall–Kier alpha value is -0.790. The summed E-state index contributed by atoms with van der Waals surface area (Å²) in [6.07, 6.45) is 5.37. The van der Waals surface area contributed by atoms with Crippen LogP contribution in [0, 0.1) is 12.8 Å². The molecule has 0 spiro atoms. The molecule has 0 saturated carbocycles. The van der Waals surface area contributed by atoms with Crippen LogP contribution in [0.4, 0.5) is 0 Å². The van der Waals surface area contributed by atoms with Gasteiger partial charge in [-0.15, -0.1) is 0 Å². The van der Waals surface area contributed by atoms with Crippen LogP contribution in [-0.4, -0.2) is 13.1 Å². The van der Waals surface area contributed by atoms with Gasteiger partial charge in [0.15, 0.2) is 0 Å². The molecule has 0 fully saturated rings. The van der Waals surface area contributed by atoms with E-state index in [0.717, 1.165) is 36.0 Å². The first kappa shape index (κ1) is 14.3. The SMILES string of the molecule is Cc1ccc(/C=C/CCNCC(C)C)cc1Cl. The van der Waals surface area contributed by atoms with E-state index in [4.69, 9.17) is 11.6 Å². The van der Waals surface area contributed by atoms with E-state index in [1.807, 2.05) is 13.0 Å². The molecule has 17 heavy (non-hydrogen) atoms. The molecule has 2 heteroatoms. The average molecular weight is 252 g/mol. The van der Waals surface area contributed by atoms with Crippen LogP contribution in [0.3, 0.4) is 0 Å². The van der Waals surface area contributed by atoms with Crippen molar-refractivity contribution in [1.82, 2.24) is 5.32 Å². The Balaban J connectivity index is 2.31. The van der Waals surface area contributed by atoms with Gasteiger partial charge in [-0.25, -0.2) is 0 Å². The Bertz CT molecular complexity index is 369. The number of hydrogen-bond acceptors (Lipinski definition) is 1. The summed E-state index contributed by atoms with van der Waals surface area (Å²) in [7, 11) is 0. The maximum atomic E-state index is 6.06. The van der Waals surface area contributed by atoms with Crippen molar-refractivity contribution in [3.05, 3.63) is 40.4 Å². The van der Waals surface area contributed by atoms with Gasteiger partial charge in [0.25, 0.3) is 0 Å². The van der Waals surface area contributed by atoms with Gasteiger partial charge in [0, 0.05) is 5.02 Å². The lowest BCUT2D eigenvalue weighted by Gasteiger charge is -2.05. The highest BCUT2D eigenvalue weighted by Gasteiger charge is 1.94. The van der Waals surface area contributed by atoms with E-state index in [1.54, 1.807) is 0 Å². The standard InChI is InChI=1S/C15H22ClN/c1-12(2)11-17-9-5-4-6-14-8-7-13(3)15(16)10-14/h4,6-8,10,12,17H,5,9,11H2,1-3H3/b6-4+. The quantitative estimate of drug-likeness (QED) is 0.744. The largest absolute Gasteiger partial charge is 0.316 e. The Morgan fingerprint density at radius 3 is 2.76 bits per heavy atom. The molecule has 1 rings (SSSR count). The van der Waals surface area contributed by atoms with Crippen LogP contribution in [0.15, 0.2) is 24.3 Å². The molecule has 1 aromatic rings. The fourth-order valence-corrected chi connectivity index (χ4v) is 1.70. The van der Waals surface area contributed by atoms with E-state index >= 15 is 0 Å². The first-order chi connectivity index (χ1) is 8.09. The second-order valence-corrected chi connectivity index (χ2v) is 5.20. The first-order valence-electron chi connectivity index (χ1n) is 6.23. The van der Waals surface area contributed by atoms with Crippen molar-refractivity contribution >= 4 is 17.7 Å². The van der Waals surface area contributed by atoms with Crippen molar-refractivity contribution in [2.24, 2.45) is 5.92 Å². The molecular weight excluding hydrogens is 230 g/mol. The fourth-order valence-electron chi connectivity index (χ4n) is 1.51. The number of rotatable bonds is 6. The summed E-state index contributed by atoms with van der Waals surface area (Å²) in [5.74, 6) is 0.717. The van der Waals surface area contributed by atoms with Gasteiger partial charge in [0.2, 0.25) is 0 Å². The van der Waals surface area contributed by atoms with Crippen molar-refractivity contribution in [3.8, 4) is 0 Å². The Labute approximate surface area is 110 Å². The topological polar surface area (TPSA) is 12.0 Å². The van der Waals surface area contributed by atoms with Crippen LogP contribution in [-0.2, 0) is 0 Å². The maximum absolute atomic E-state index is 6.06. The molecular formula is C15H22ClN. The van der Waals surface area contributed by atoms with Crippen molar-refractivity contribution in [3.63, 3.8) is 0 Å². The van der Waals surface area contributed by atoms with Gasteiger partial charge in [-0.2, -0.15) is 0 Å². The molecule has 0 unspecified atom stereocenters. The van der Waals surface area contributed by atoms with E-state index in [9.17, 15) is 0 Å². The molecule has 0 aliphatic rings. The molecule has 1 N–H and O–H groups in total. The van der Waals surface area contributed by atoms with Gasteiger partial charge in [0.1, 0.15) is 0 Å². The van der Waals surface area contributed by atoms with Gasteiger partial charge in [-0.3, -0.25) is 0 Å². The molecule has 0 heterocycles. The summed E-state index contributed by atoms with van der Waals surface area (Å²) >= 11 is 6.06. The molecule has 1 aromatic carbocycles. The van der Waals surface area contributed by atoms with Crippen LogP contribution >= 0.6 is 11.6 Å². The zero-order valence-electron chi connectivity index (χ0n) is 11.0. The highest BCUT2D eigenvalue weighted by atomic mass is 35.5. The lowest BCUT2D eigenvalue weighted by Crippen LogP contribution is -2.20. The first-order valence-corrected chi connectivity index (χ1v) is 6.61. The molecule has 0 bridgehead atoms. The minimum atomic E-state index is 0.717. The lowest BCUT2D eigenvalue weighted by molar-refractivity contribution is 0.557. The Kier molecular flexibility index (Phi) is 6.31. The zero-order chi connectivity index (χ0) is 12.7. The third kappa shape index (κ3) is 5.90. The normalized spacial score (nSPS) is 11.6. The number of halogens is 1. The summed E-state index contributed by atoms with van der Waals surface area (Å²) in [5.41, 5.74) is 2.30. The zero-order valence-corrected chi connectivity index (χ0v) is 11.7. The van der Waals surface area contributed by atoms with E-state index in [2.05, 4.69) is 43.4 Å². The molecule has 0 aliphatic carbocycles. The Morgan fingerprint density at radius 2 is 2.12 bits per heavy atom. The van der Waals surface area contributed by atoms with Gasteiger partial charge >= 0.3 is 0 Å². The van der Waals surface area contributed by atoms with Crippen LogP contribution in [0.5, 0.6) is 0 Å². The summed E-state index contributed by atoms with van der Waals surface area (Å²) < 4.78 is 0. The lowest BCUT2D eigenvalue weighted by atomic mass is 10.1. The summed E-state index contributed by atoms with van der Waals surface area (Å²) in [6.45, 7) is 8.58.